The molecule has 112 valence electrons. The first-order valence-corrected chi connectivity index (χ1v) is 6.89. The molecular weight excluding hydrogens is 305 g/mol. The lowest BCUT2D eigenvalue weighted by Gasteiger charge is -2.03. The summed E-state index contributed by atoms with van der Waals surface area (Å²) in [5.41, 5.74) is 1.26. The van der Waals surface area contributed by atoms with Crippen LogP contribution in [0, 0.1) is 5.82 Å². The molecule has 5 heteroatoms. The summed E-state index contributed by atoms with van der Waals surface area (Å²) in [5.74, 6) is -0.968. The number of rotatable bonds is 4. The Kier molecular flexibility index (Phi) is 5.07. The lowest BCUT2D eigenvalue weighted by molar-refractivity contribution is -0.111. The van der Waals surface area contributed by atoms with Gasteiger partial charge in [0.2, 0.25) is 5.91 Å². The molecule has 0 atom stereocenters. The van der Waals surface area contributed by atoms with Gasteiger partial charge < -0.3 is 5.32 Å². The number of ketones is 1. The molecule has 2 rings (SSSR count). The maximum absolute atomic E-state index is 13.5. The molecule has 0 aliphatic carbocycles. The molecule has 0 aromatic heterocycles. The Morgan fingerprint density at radius 3 is 2.41 bits per heavy atom. The van der Waals surface area contributed by atoms with Crippen molar-refractivity contribution >= 4 is 35.1 Å². The van der Waals surface area contributed by atoms with E-state index >= 15 is 0 Å². The summed E-state index contributed by atoms with van der Waals surface area (Å²) in [4.78, 5) is 23.0. The monoisotopic (exact) mass is 317 g/mol. The minimum Gasteiger partial charge on any atom is -0.323 e. The number of anilines is 1. The Morgan fingerprint density at radius 1 is 1.14 bits per heavy atom. The largest absolute Gasteiger partial charge is 0.323 e. The number of benzene rings is 2. The van der Waals surface area contributed by atoms with E-state index in [1.807, 2.05) is 0 Å². The average Bonchev–Trinajstić information content (AvgIpc) is 2.47. The van der Waals surface area contributed by atoms with Crippen LogP contribution in [0.25, 0.3) is 6.08 Å². The molecule has 0 aliphatic heterocycles. The summed E-state index contributed by atoms with van der Waals surface area (Å²) in [6.07, 6.45) is 2.51. The highest BCUT2D eigenvalue weighted by Gasteiger charge is 2.05. The van der Waals surface area contributed by atoms with Crippen molar-refractivity contribution in [3.05, 3.63) is 70.5 Å². The minimum absolute atomic E-state index is 0.0491. The highest BCUT2D eigenvalue weighted by molar-refractivity contribution is 6.32. The molecule has 0 bridgehead atoms. The van der Waals surface area contributed by atoms with Gasteiger partial charge in [-0.2, -0.15) is 0 Å². The van der Waals surface area contributed by atoms with Gasteiger partial charge in [0.1, 0.15) is 5.82 Å². The van der Waals surface area contributed by atoms with Gasteiger partial charge in [-0.25, -0.2) is 4.39 Å². The Balaban J connectivity index is 2.06. The lowest BCUT2D eigenvalue weighted by atomic mass is 10.1. The standard InChI is InChI=1S/C17H13ClFNO2/c1-11(21)12-5-7-13(8-6-12)20-17(22)10-9-14-15(18)3-2-4-16(14)19/h2-10H,1H3,(H,20,22). The topological polar surface area (TPSA) is 46.2 Å². The molecule has 0 spiro atoms. The SMILES string of the molecule is CC(=O)c1ccc(NC(=O)C=Cc2c(F)cccc2Cl)cc1. The average molecular weight is 318 g/mol. The van der Waals surface area contributed by atoms with Gasteiger partial charge >= 0.3 is 0 Å². The van der Waals surface area contributed by atoms with Crippen LogP contribution in [0.2, 0.25) is 5.02 Å². The van der Waals surface area contributed by atoms with Gasteiger partial charge in [0.15, 0.2) is 5.78 Å². The zero-order valence-corrected chi connectivity index (χ0v) is 12.5. The maximum Gasteiger partial charge on any atom is 0.248 e. The molecule has 0 saturated heterocycles. The Hall–Kier alpha value is -2.46. The smallest absolute Gasteiger partial charge is 0.248 e. The van der Waals surface area contributed by atoms with Gasteiger partial charge in [0, 0.05) is 22.9 Å². The zero-order chi connectivity index (χ0) is 16.1. The molecule has 0 unspecified atom stereocenters. The Bertz CT molecular complexity index is 719. The molecule has 0 heterocycles. The van der Waals surface area contributed by atoms with E-state index in [9.17, 15) is 14.0 Å². The highest BCUT2D eigenvalue weighted by atomic mass is 35.5. The third-order valence-corrected chi connectivity index (χ3v) is 3.29. The lowest BCUT2D eigenvalue weighted by Crippen LogP contribution is -2.08. The van der Waals surface area contributed by atoms with Crippen molar-refractivity contribution in [3.63, 3.8) is 0 Å². The van der Waals surface area contributed by atoms with E-state index in [1.165, 1.54) is 31.2 Å². The second-order valence-corrected chi connectivity index (χ2v) is 5.00. The number of halogens is 2. The van der Waals surface area contributed by atoms with E-state index in [1.54, 1.807) is 30.3 Å². The van der Waals surface area contributed by atoms with Crippen molar-refractivity contribution in [2.24, 2.45) is 0 Å². The second kappa shape index (κ2) is 7.00. The number of carbonyl (C=O) groups excluding carboxylic acids is 2. The van der Waals surface area contributed by atoms with Gasteiger partial charge in [-0.3, -0.25) is 9.59 Å². The number of hydrogen-bond donors (Lipinski definition) is 1. The molecule has 2 aromatic carbocycles. The first-order valence-electron chi connectivity index (χ1n) is 6.51. The van der Waals surface area contributed by atoms with Crippen molar-refractivity contribution in [2.75, 3.05) is 5.32 Å². The quantitative estimate of drug-likeness (QED) is 0.673. The first kappa shape index (κ1) is 15.9. The van der Waals surface area contributed by atoms with E-state index in [0.29, 0.717) is 11.3 Å². The molecule has 3 nitrogen and oxygen atoms in total. The van der Waals surface area contributed by atoms with Crippen LogP contribution >= 0.6 is 11.6 Å². The molecule has 0 aliphatic rings. The van der Waals surface area contributed by atoms with Crippen molar-refractivity contribution in [1.82, 2.24) is 0 Å². The van der Waals surface area contributed by atoms with E-state index < -0.39 is 11.7 Å². The van der Waals surface area contributed by atoms with Crippen LogP contribution < -0.4 is 5.32 Å². The van der Waals surface area contributed by atoms with E-state index in [-0.39, 0.29) is 16.4 Å². The first-order chi connectivity index (χ1) is 10.5. The summed E-state index contributed by atoms with van der Waals surface area (Å²) in [7, 11) is 0. The predicted molar refractivity (Wildman–Crippen MR) is 85.5 cm³/mol. The fourth-order valence-corrected chi connectivity index (χ4v) is 2.03. The van der Waals surface area contributed by atoms with Gasteiger partial charge in [-0.05, 0) is 49.4 Å². The third kappa shape index (κ3) is 4.02. The second-order valence-electron chi connectivity index (χ2n) is 4.59. The number of Topliss-reactive ketones (excluding diaryl/α,β-unsaturated/α-hetero) is 1. The summed E-state index contributed by atoms with van der Waals surface area (Å²) in [5, 5.41) is 2.85. The van der Waals surface area contributed by atoms with Crippen molar-refractivity contribution in [1.29, 1.82) is 0 Å². The zero-order valence-electron chi connectivity index (χ0n) is 11.8. The van der Waals surface area contributed by atoms with Gasteiger partial charge in [-0.15, -0.1) is 0 Å². The van der Waals surface area contributed by atoms with Crippen LogP contribution in [0.15, 0.2) is 48.5 Å². The number of amides is 1. The highest BCUT2D eigenvalue weighted by Crippen LogP contribution is 2.20. The fourth-order valence-electron chi connectivity index (χ4n) is 1.80. The molecule has 0 radical (unpaired) electrons. The van der Waals surface area contributed by atoms with Crippen molar-refractivity contribution in [2.45, 2.75) is 6.92 Å². The van der Waals surface area contributed by atoms with E-state index in [2.05, 4.69) is 5.32 Å². The summed E-state index contributed by atoms with van der Waals surface area (Å²) >= 11 is 5.87. The normalized spacial score (nSPS) is 10.7. The molecule has 2 aromatic rings. The van der Waals surface area contributed by atoms with Crippen LogP contribution in [0.1, 0.15) is 22.8 Å². The number of hydrogen-bond acceptors (Lipinski definition) is 2. The molecule has 1 amide bonds. The van der Waals surface area contributed by atoms with Crippen LogP contribution in [0.5, 0.6) is 0 Å². The number of nitrogens with one attached hydrogen (secondary N) is 1. The fraction of sp³-hybridized carbons (Fsp3) is 0.0588. The molecule has 22 heavy (non-hydrogen) atoms. The minimum atomic E-state index is -0.498. The summed E-state index contributed by atoms with van der Waals surface area (Å²) in [6.45, 7) is 1.47. The van der Waals surface area contributed by atoms with Gasteiger partial charge in [0.05, 0.1) is 5.02 Å². The maximum atomic E-state index is 13.5. The Labute approximate surface area is 132 Å². The third-order valence-electron chi connectivity index (χ3n) is 2.96. The summed E-state index contributed by atoms with van der Waals surface area (Å²) < 4.78 is 13.5. The molecule has 0 fully saturated rings. The van der Waals surface area contributed by atoms with Gasteiger partial charge in [-0.1, -0.05) is 17.7 Å². The molecule has 1 N–H and O–H groups in total. The predicted octanol–water partition coefficient (Wildman–Crippen LogP) is 4.33. The van der Waals surface area contributed by atoms with Crippen LogP contribution in [-0.4, -0.2) is 11.7 Å². The van der Waals surface area contributed by atoms with Crippen LogP contribution in [0.3, 0.4) is 0 Å². The van der Waals surface area contributed by atoms with E-state index in [4.69, 9.17) is 11.6 Å². The Morgan fingerprint density at radius 2 is 1.82 bits per heavy atom. The molecule has 0 saturated carbocycles. The molecular formula is C17H13ClFNO2. The van der Waals surface area contributed by atoms with E-state index in [0.717, 1.165) is 0 Å². The number of carbonyl (C=O) groups is 2. The van der Waals surface area contributed by atoms with Crippen molar-refractivity contribution in [3.8, 4) is 0 Å². The van der Waals surface area contributed by atoms with Crippen LogP contribution in [-0.2, 0) is 4.79 Å². The van der Waals surface area contributed by atoms with Gasteiger partial charge in [0.25, 0.3) is 0 Å². The summed E-state index contributed by atoms with van der Waals surface area (Å²) in [6, 6.07) is 10.8. The van der Waals surface area contributed by atoms with Crippen molar-refractivity contribution < 1.29 is 14.0 Å². The van der Waals surface area contributed by atoms with Crippen LogP contribution in [0.4, 0.5) is 10.1 Å².